The Hall–Kier alpha value is -3.82. The van der Waals surface area contributed by atoms with Crippen molar-refractivity contribution >= 4 is 11.7 Å². The van der Waals surface area contributed by atoms with E-state index in [1.165, 1.54) is 0 Å². The highest BCUT2D eigenvalue weighted by Gasteiger charge is 2.21. The van der Waals surface area contributed by atoms with Gasteiger partial charge in [-0.25, -0.2) is 4.79 Å². The van der Waals surface area contributed by atoms with E-state index in [2.05, 4.69) is 28.7 Å². The smallest absolute Gasteiger partial charge is 0.339 e. The van der Waals surface area contributed by atoms with Gasteiger partial charge in [0.15, 0.2) is 0 Å². The van der Waals surface area contributed by atoms with Crippen molar-refractivity contribution in [1.82, 2.24) is 14.7 Å². The lowest BCUT2D eigenvalue weighted by Crippen LogP contribution is -2.24. The van der Waals surface area contributed by atoms with Gasteiger partial charge in [0, 0.05) is 17.8 Å². The van der Waals surface area contributed by atoms with Crippen molar-refractivity contribution in [1.29, 1.82) is 0 Å². The first-order chi connectivity index (χ1) is 13.8. The zero-order valence-electron chi connectivity index (χ0n) is 16.0. The van der Waals surface area contributed by atoms with Crippen LogP contribution in [-0.4, -0.2) is 32.7 Å². The molecule has 2 heterocycles. The molecule has 150 valence electrons. The molecule has 0 saturated heterocycles. The van der Waals surface area contributed by atoms with E-state index in [0.29, 0.717) is 11.7 Å². The number of hydrogen-bond donors (Lipinski definition) is 0. The van der Waals surface area contributed by atoms with E-state index in [1.54, 1.807) is 0 Å². The van der Waals surface area contributed by atoms with Gasteiger partial charge in [-0.3, -0.25) is 19.5 Å². The lowest BCUT2D eigenvalue weighted by molar-refractivity contribution is -0.386. The molecule has 0 saturated carbocycles. The minimum absolute atomic E-state index is 0.0614. The molecule has 3 rings (SSSR count). The summed E-state index contributed by atoms with van der Waals surface area (Å²) in [7, 11) is 1.14. The highest BCUT2D eigenvalue weighted by molar-refractivity contribution is 5.89. The van der Waals surface area contributed by atoms with Crippen molar-refractivity contribution in [3.8, 4) is 11.4 Å². The summed E-state index contributed by atoms with van der Waals surface area (Å²) >= 11 is 0. The van der Waals surface area contributed by atoms with Crippen molar-refractivity contribution < 1.29 is 19.0 Å². The van der Waals surface area contributed by atoms with E-state index in [-0.39, 0.29) is 18.0 Å². The highest BCUT2D eigenvalue weighted by atomic mass is 16.6. The molecule has 3 aromatic rings. The second kappa shape index (κ2) is 8.05. The summed E-state index contributed by atoms with van der Waals surface area (Å²) in [6, 6.07) is 8.52. The summed E-state index contributed by atoms with van der Waals surface area (Å²) in [5, 5.41) is 15.0. The Bertz CT molecular complexity index is 1110. The summed E-state index contributed by atoms with van der Waals surface area (Å²) in [6.45, 7) is 3.93. The average molecular weight is 398 g/mol. The lowest BCUT2D eigenvalue weighted by atomic mass is 10.0. The van der Waals surface area contributed by atoms with E-state index in [9.17, 15) is 19.7 Å². The van der Waals surface area contributed by atoms with Crippen molar-refractivity contribution in [2.24, 2.45) is 0 Å². The monoisotopic (exact) mass is 398 g/mol. The normalized spacial score (nSPS) is 10.9. The van der Waals surface area contributed by atoms with Crippen LogP contribution < -0.4 is 5.56 Å². The molecule has 10 nitrogen and oxygen atoms in total. The molecule has 0 unspecified atom stereocenters. The van der Waals surface area contributed by atoms with Crippen LogP contribution >= 0.6 is 0 Å². The highest BCUT2D eigenvalue weighted by Crippen LogP contribution is 2.21. The van der Waals surface area contributed by atoms with Crippen LogP contribution in [0.1, 0.15) is 41.6 Å². The van der Waals surface area contributed by atoms with Gasteiger partial charge in [-0.15, -0.1) is 0 Å². The second-order valence-electron chi connectivity index (χ2n) is 6.58. The molecule has 1 aromatic carbocycles. The first kappa shape index (κ1) is 19.9. The van der Waals surface area contributed by atoms with Crippen LogP contribution in [0.15, 0.2) is 45.8 Å². The first-order valence-corrected chi connectivity index (χ1v) is 8.70. The van der Waals surface area contributed by atoms with Gasteiger partial charge in [-0.05, 0) is 11.5 Å². The number of esters is 1. The summed E-state index contributed by atoms with van der Waals surface area (Å²) in [4.78, 5) is 38.6. The molecule has 0 atom stereocenters. The predicted octanol–water partition coefficient (Wildman–Crippen LogP) is 2.76. The van der Waals surface area contributed by atoms with Crippen molar-refractivity contribution in [2.45, 2.75) is 26.3 Å². The lowest BCUT2D eigenvalue weighted by Gasteiger charge is -2.05. The Morgan fingerprint density at radius 3 is 2.59 bits per heavy atom. The Labute approximate surface area is 164 Å². The third kappa shape index (κ3) is 4.21. The van der Waals surface area contributed by atoms with Gasteiger partial charge in [0.1, 0.15) is 6.54 Å². The number of carbonyl (C=O) groups excluding carboxylic acids is 1. The minimum Gasteiger partial charge on any atom is -0.465 e. The maximum absolute atomic E-state index is 12.3. The molecule has 0 N–H and O–H groups in total. The van der Waals surface area contributed by atoms with E-state index >= 15 is 0 Å². The molecule has 0 bridgehead atoms. The molecule has 2 aromatic heterocycles. The molecule has 10 heteroatoms. The number of rotatable bonds is 6. The van der Waals surface area contributed by atoms with Crippen LogP contribution in [0.4, 0.5) is 5.69 Å². The van der Waals surface area contributed by atoms with Crippen LogP contribution in [0.25, 0.3) is 11.4 Å². The molecule has 0 spiro atoms. The number of pyridine rings is 1. The molecule has 0 fully saturated rings. The van der Waals surface area contributed by atoms with E-state index < -0.39 is 22.1 Å². The van der Waals surface area contributed by atoms with Gasteiger partial charge >= 0.3 is 17.2 Å². The third-order valence-corrected chi connectivity index (χ3v) is 4.29. The molecule has 0 amide bonds. The average Bonchev–Trinajstić information content (AvgIpc) is 3.17. The number of aromatic nitrogens is 3. The maximum atomic E-state index is 12.3. The van der Waals surface area contributed by atoms with Gasteiger partial charge in [0.05, 0.1) is 17.6 Å². The molecule has 0 aliphatic carbocycles. The first-order valence-electron chi connectivity index (χ1n) is 8.70. The summed E-state index contributed by atoms with van der Waals surface area (Å²) < 4.78 is 10.7. The number of nitro groups is 1. The Balaban J connectivity index is 1.92. The molecule has 29 heavy (non-hydrogen) atoms. The van der Waals surface area contributed by atoms with Gasteiger partial charge in [-0.1, -0.05) is 43.3 Å². The summed E-state index contributed by atoms with van der Waals surface area (Å²) in [5.74, 6) is -0.0405. The van der Waals surface area contributed by atoms with Crippen LogP contribution in [-0.2, 0) is 11.3 Å². The minimum atomic E-state index is -0.899. The number of benzene rings is 1. The topological polar surface area (TPSA) is 130 Å². The van der Waals surface area contributed by atoms with Crippen molar-refractivity contribution in [3.05, 3.63) is 74.0 Å². The largest absolute Gasteiger partial charge is 0.465 e. The van der Waals surface area contributed by atoms with Gasteiger partial charge in [-0.2, -0.15) is 4.98 Å². The zero-order valence-corrected chi connectivity index (χ0v) is 16.0. The molecule has 0 aliphatic rings. The van der Waals surface area contributed by atoms with E-state index in [1.807, 2.05) is 24.3 Å². The predicted molar refractivity (Wildman–Crippen MR) is 102 cm³/mol. The summed E-state index contributed by atoms with van der Waals surface area (Å²) in [6.07, 6.45) is 1.16. The molecule has 0 radical (unpaired) electrons. The Kier molecular flexibility index (Phi) is 5.53. The number of carbonyl (C=O) groups is 1. The maximum Gasteiger partial charge on any atom is 0.339 e. The van der Waals surface area contributed by atoms with E-state index in [4.69, 9.17) is 4.52 Å². The number of ether oxygens (including phenoxy) is 1. The quantitative estimate of drug-likeness (QED) is 0.352. The molecule has 0 aliphatic heterocycles. The van der Waals surface area contributed by atoms with Crippen LogP contribution in [0.3, 0.4) is 0 Å². The number of methoxy groups -OCH3 is 1. The second-order valence-corrected chi connectivity index (χ2v) is 6.58. The zero-order chi connectivity index (χ0) is 21.1. The Morgan fingerprint density at radius 2 is 2.00 bits per heavy atom. The SMILES string of the molecule is COC(=O)c1cc([N+](=O)[O-])c(=O)n(Cc2nc(-c3ccc(C(C)C)cc3)no2)c1. The van der Waals surface area contributed by atoms with Gasteiger partial charge in [0.25, 0.3) is 0 Å². The Morgan fingerprint density at radius 1 is 1.31 bits per heavy atom. The van der Waals surface area contributed by atoms with Crippen LogP contribution in [0.5, 0.6) is 0 Å². The third-order valence-electron chi connectivity index (χ3n) is 4.29. The van der Waals surface area contributed by atoms with Crippen molar-refractivity contribution in [3.63, 3.8) is 0 Å². The van der Waals surface area contributed by atoms with Crippen LogP contribution in [0.2, 0.25) is 0 Å². The number of nitrogens with zero attached hydrogens (tertiary/aromatic N) is 4. The van der Waals surface area contributed by atoms with Crippen molar-refractivity contribution in [2.75, 3.05) is 7.11 Å². The molecular formula is C19H18N4O6. The fourth-order valence-corrected chi connectivity index (χ4v) is 2.70. The van der Waals surface area contributed by atoms with Gasteiger partial charge in [0.2, 0.25) is 11.7 Å². The molecular weight excluding hydrogens is 380 g/mol. The fraction of sp³-hybridized carbons (Fsp3) is 0.263. The number of hydrogen-bond acceptors (Lipinski definition) is 8. The summed E-state index contributed by atoms with van der Waals surface area (Å²) in [5.41, 5.74) is 0.102. The standard InChI is InChI=1S/C19H18N4O6/c1-11(2)12-4-6-13(7-5-12)17-20-16(29-21-17)10-22-9-14(19(25)28-3)8-15(18(22)24)23(26)27/h4-9,11H,10H2,1-3H3. The van der Waals surface area contributed by atoms with E-state index in [0.717, 1.165) is 35.1 Å². The van der Waals surface area contributed by atoms with Gasteiger partial charge < -0.3 is 9.26 Å². The fourth-order valence-electron chi connectivity index (χ4n) is 2.70. The van der Waals surface area contributed by atoms with Crippen LogP contribution in [0, 0.1) is 10.1 Å².